The predicted molar refractivity (Wildman–Crippen MR) is 162 cm³/mol. The van der Waals surface area contributed by atoms with Crippen molar-refractivity contribution in [3.63, 3.8) is 0 Å². The first kappa shape index (κ1) is 32.5. The highest BCUT2D eigenvalue weighted by atomic mass is 19.1. The van der Waals surface area contributed by atoms with E-state index in [1.54, 1.807) is 55.3 Å². The second-order valence-electron chi connectivity index (χ2n) is 10.8. The van der Waals surface area contributed by atoms with Gasteiger partial charge in [0.15, 0.2) is 18.1 Å². The van der Waals surface area contributed by atoms with Crippen molar-refractivity contribution in [2.24, 2.45) is 0 Å². The first-order valence-electron chi connectivity index (χ1n) is 14.7. The van der Waals surface area contributed by atoms with Gasteiger partial charge in [-0.25, -0.2) is 9.37 Å². The van der Waals surface area contributed by atoms with Gasteiger partial charge in [0.25, 0.3) is 11.8 Å². The molecule has 1 aromatic heterocycles. The number of nitrogens with zero attached hydrogens (tertiary/aromatic N) is 3. The zero-order valence-electron chi connectivity index (χ0n) is 25.7. The van der Waals surface area contributed by atoms with Crippen LogP contribution in [0.2, 0.25) is 0 Å². The topological polar surface area (TPSA) is 126 Å². The molecular formula is C32H40FN5O6. The third-order valence-electron chi connectivity index (χ3n) is 7.43. The normalized spacial score (nSPS) is 18.2. The minimum atomic E-state index is -0.728. The molecule has 0 unspecified atom stereocenters. The number of methoxy groups -OCH3 is 1. The number of aryl methyl sites for hydroxylation is 1. The molecule has 2 aromatic carbocycles. The molecule has 0 saturated heterocycles. The number of carbonyl (C=O) groups is 3. The van der Waals surface area contributed by atoms with E-state index >= 15 is 0 Å². The van der Waals surface area contributed by atoms with Crippen molar-refractivity contribution in [2.75, 3.05) is 46.9 Å². The van der Waals surface area contributed by atoms with Crippen LogP contribution < -0.4 is 20.1 Å². The van der Waals surface area contributed by atoms with Gasteiger partial charge in [0, 0.05) is 38.8 Å². The monoisotopic (exact) mass is 609 g/mol. The minimum Gasteiger partial charge on any atom is -0.493 e. The van der Waals surface area contributed by atoms with Crippen LogP contribution in [0, 0.1) is 12.7 Å². The van der Waals surface area contributed by atoms with Gasteiger partial charge in [-0.3, -0.25) is 19.3 Å². The van der Waals surface area contributed by atoms with Gasteiger partial charge in [0.05, 0.1) is 18.4 Å². The van der Waals surface area contributed by atoms with E-state index in [1.807, 2.05) is 6.92 Å². The molecule has 5 rings (SSSR count). The largest absolute Gasteiger partial charge is 0.493 e. The van der Waals surface area contributed by atoms with E-state index in [9.17, 15) is 18.8 Å². The van der Waals surface area contributed by atoms with Crippen LogP contribution in [0.3, 0.4) is 0 Å². The summed E-state index contributed by atoms with van der Waals surface area (Å²) in [6.07, 6.45) is 2.21. The van der Waals surface area contributed by atoms with Crippen LogP contribution in [0.15, 0.2) is 46.9 Å². The van der Waals surface area contributed by atoms with E-state index in [0.717, 1.165) is 12.8 Å². The maximum atomic E-state index is 14.4. The van der Waals surface area contributed by atoms with E-state index in [0.29, 0.717) is 73.2 Å². The van der Waals surface area contributed by atoms with Crippen LogP contribution in [-0.4, -0.2) is 85.5 Å². The van der Waals surface area contributed by atoms with Gasteiger partial charge < -0.3 is 29.4 Å². The number of hydrogen-bond acceptors (Lipinski definition) is 8. The van der Waals surface area contributed by atoms with E-state index in [2.05, 4.69) is 20.5 Å². The highest BCUT2D eigenvalue weighted by Crippen LogP contribution is 2.28. The Bertz CT molecular complexity index is 1460. The minimum absolute atomic E-state index is 0.202. The third-order valence-corrected chi connectivity index (χ3v) is 7.43. The Kier molecular flexibility index (Phi) is 11.3. The second-order valence-corrected chi connectivity index (χ2v) is 10.8. The SMILES string of the molecule is COc1cc2ccc1OCC(=O)N[C@@H](C)C(=O)N(C)CCCCN(Cc1nc(-c3ccccc3F)oc1C)CCCNC2=O. The molecule has 0 radical (unpaired) electrons. The fourth-order valence-electron chi connectivity index (χ4n) is 4.95. The molecule has 0 spiro atoms. The molecular weight excluding hydrogens is 569 g/mol. The summed E-state index contributed by atoms with van der Waals surface area (Å²) in [6, 6.07) is 10.4. The quantitative estimate of drug-likeness (QED) is 0.430. The maximum absolute atomic E-state index is 14.4. The maximum Gasteiger partial charge on any atom is 0.258 e. The standard InChI is InChI=1S/C32H40FN5O6/c1-21-32(41)37(3)15-7-8-16-38(19-26-22(2)44-31(36-26)24-10-5-6-11-25(24)33)17-9-14-34-30(40)23-12-13-27(28(18-23)42-4)43-20-29(39)35-21/h5-6,10-13,18,21H,7-9,14-17,19-20H2,1-4H3,(H,34,40)(H,35,39)/t21-/m0/s1. The van der Waals surface area contributed by atoms with Gasteiger partial charge >= 0.3 is 0 Å². The van der Waals surface area contributed by atoms with E-state index in [4.69, 9.17) is 13.9 Å². The van der Waals surface area contributed by atoms with Crippen LogP contribution in [0.1, 0.15) is 48.0 Å². The average Bonchev–Trinajstić information content (AvgIpc) is 3.38. The van der Waals surface area contributed by atoms with Crippen LogP contribution in [0.25, 0.3) is 11.5 Å². The number of nitrogens with one attached hydrogen (secondary N) is 2. The van der Waals surface area contributed by atoms with Gasteiger partial charge in [-0.15, -0.1) is 0 Å². The number of likely N-dealkylation sites (N-methyl/N-ethyl adjacent to an activating group) is 1. The molecule has 0 fully saturated rings. The Hall–Kier alpha value is -4.45. The van der Waals surface area contributed by atoms with Gasteiger partial charge in [-0.2, -0.15) is 0 Å². The molecule has 236 valence electrons. The summed E-state index contributed by atoms with van der Waals surface area (Å²) in [6.45, 7) is 5.94. The van der Waals surface area contributed by atoms with E-state index < -0.39 is 17.8 Å². The number of hydrogen-bond donors (Lipinski definition) is 2. The number of aromatic nitrogens is 1. The zero-order chi connectivity index (χ0) is 31.6. The Morgan fingerprint density at radius 3 is 2.59 bits per heavy atom. The molecule has 3 amide bonds. The fraction of sp³-hybridized carbons (Fsp3) is 0.438. The average molecular weight is 610 g/mol. The number of ether oxygens (including phenoxy) is 2. The lowest BCUT2D eigenvalue weighted by molar-refractivity contribution is -0.135. The Balaban J connectivity index is 1.49. The fourth-order valence-corrected chi connectivity index (χ4v) is 4.95. The first-order valence-corrected chi connectivity index (χ1v) is 14.7. The molecule has 3 heterocycles. The number of carbonyl (C=O) groups excluding carboxylic acids is 3. The molecule has 11 nitrogen and oxygen atoms in total. The van der Waals surface area contributed by atoms with Crippen LogP contribution in [-0.2, 0) is 16.1 Å². The number of fused-ring (bicyclic) bond motifs is 18. The lowest BCUT2D eigenvalue weighted by Gasteiger charge is -2.24. The molecule has 12 heteroatoms. The van der Waals surface area contributed by atoms with Crippen LogP contribution in [0.5, 0.6) is 11.5 Å². The number of rotatable bonds is 4. The summed E-state index contributed by atoms with van der Waals surface area (Å²) < 4.78 is 31.2. The summed E-state index contributed by atoms with van der Waals surface area (Å²) in [7, 11) is 3.17. The smallest absolute Gasteiger partial charge is 0.258 e. The number of halogens is 1. The molecule has 44 heavy (non-hydrogen) atoms. The Labute approximate surface area is 256 Å². The summed E-state index contributed by atoms with van der Waals surface area (Å²) in [5, 5.41) is 5.62. The highest BCUT2D eigenvalue weighted by molar-refractivity contribution is 5.95. The van der Waals surface area contributed by atoms with E-state index in [1.165, 1.54) is 13.2 Å². The van der Waals surface area contributed by atoms with Crippen molar-refractivity contribution in [3.05, 3.63) is 65.3 Å². The molecule has 2 aliphatic heterocycles. The number of oxazole rings is 1. The molecule has 0 saturated carbocycles. The summed E-state index contributed by atoms with van der Waals surface area (Å²) in [5.41, 5.74) is 1.41. The molecule has 1 atom stereocenters. The molecule has 3 aromatic rings. The lowest BCUT2D eigenvalue weighted by Crippen LogP contribution is -2.47. The van der Waals surface area contributed by atoms with Crippen molar-refractivity contribution >= 4 is 17.7 Å². The summed E-state index contributed by atoms with van der Waals surface area (Å²) in [4.78, 5) is 46.6. The highest BCUT2D eigenvalue weighted by Gasteiger charge is 2.21. The van der Waals surface area contributed by atoms with Gasteiger partial charge in [-0.1, -0.05) is 12.1 Å². The van der Waals surface area contributed by atoms with Gasteiger partial charge in [-0.05, 0) is 70.0 Å². The Morgan fingerprint density at radius 1 is 1.07 bits per heavy atom. The van der Waals surface area contributed by atoms with E-state index in [-0.39, 0.29) is 24.3 Å². The lowest BCUT2D eigenvalue weighted by atomic mass is 10.2. The summed E-state index contributed by atoms with van der Waals surface area (Å²) >= 11 is 0. The van der Waals surface area contributed by atoms with Crippen molar-refractivity contribution in [3.8, 4) is 23.0 Å². The van der Waals surface area contributed by atoms with Crippen molar-refractivity contribution in [2.45, 2.75) is 45.7 Å². The first-order chi connectivity index (χ1) is 21.2. The number of amides is 3. The van der Waals surface area contributed by atoms with Crippen molar-refractivity contribution < 1.29 is 32.7 Å². The van der Waals surface area contributed by atoms with Crippen molar-refractivity contribution in [1.82, 2.24) is 25.4 Å². The predicted octanol–water partition coefficient (Wildman–Crippen LogP) is 3.56. The van der Waals surface area contributed by atoms with Crippen molar-refractivity contribution in [1.29, 1.82) is 0 Å². The van der Waals surface area contributed by atoms with Gasteiger partial charge in [0.1, 0.15) is 17.6 Å². The second kappa shape index (κ2) is 15.3. The van der Waals surface area contributed by atoms with Crippen LogP contribution >= 0.6 is 0 Å². The molecule has 2 aliphatic rings. The molecule has 2 bridgehead atoms. The Morgan fingerprint density at radius 2 is 1.82 bits per heavy atom. The zero-order valence-corrected chi connectivity index (χ0v) is 25.7. The summed E-state index contributed by atoms with van der Waals surface area (Å²) in [5.74, 6) is 0.144. The molecule has 0 aliphatic carbocycles. The molecule has 2 N–H and O–H groups in total. The number of benzene rings is 2. The van der Waals surface area contributed by atoms with Gasteiger partial charge in [0.2, 0.25) is 11.8 Å². The van der Waals surface area contributed by atoms with Crippen LogP contribution in [0.4, 0.5) is 4.39 Å². The third kappa shape index (κ3) is 8.56.